The average Bonchev–Trinajstić information content (AvgIpc) is 3.23. The summed E-state index contributed by atoms with van der Waals surface area (Å²) in [6, 6.07) is 5.99. The molecule has 0 radical (unpaired) electrons. The van der Waals surface area contributed by atoms with Crippen molar-refractivity contribution in [1.29, 1.82) is 0 Å². The predicted molar refractivity (Wildman–Crippen MR) is 151 cm³/mol. The van der Waals surface area contributed by atoms with Crippen LogP contribution in [0.15, 0.2) is 30.0 Å². The highest BCUT2D eigenvalue weighted by molar-refractivity contribution is 7.48. The maximum Gasteiger partial charge on any atom is 0.535 e. The van der Waals surface area contributed by atoms with E-state index in [9.17, 15) is 14.2 Å². The van der Waals surface area contributed by atoms with Crippen molar-refractivity contribution in [3.05, 3.63) is 35.6 Å². The van der Waals surface area contributed by atoms with Crippen LogP contribution in [0.1, 0.15) is 66.4 Å². The smallest absolute Gasteiger partial charge is 0.493 e. The van der Waals surface area contributed by atoms with E-state index < -0.39 is 44.2 Å². The van der Waals surface area contributed by atoms with Crippen molar-refractivity contribution in [2.24, 2.45) is 10.8 Å². The summed E-state index contributed by atoms with van der Waals surface area (Å²) < 4.78 is 51.5. The average molecular weight is 598 g/mol. The van der Waals surface area contributed by atoms with Gasteiger partial charge in [0.25, 0.3) is 0 Å². The Morgan fingerprint density at radius 3 is 2.02 bits per heavy atom. The lowest BCUT2D eigenvalue weighted by molar-refractivity contribution is -0.163. The molecule has 0 bridgehead atoms. The third kappa shape index (κ3) is 7.83. The molecule has 1 aromatic carbocycles. The molecular formula is C29H44NO10P. The van der Waals surface area contributed by atoms with Crippen LogP contribution < -0.4 is 9.47 Å². The van der Waals surface area contributed by atoms with Gasteiger partial charge in [-0.2, -0.15) is 0 Å². The van der Waals surface area contributed by atoms with Crippen LogP contribution in [-0.4, -0.2) is 64.3 Å². The monoisotopic (exact) mass is 597 g/mol. The molecule has 1 fully saturated rings. The molecule has 1 heterocycles. The van der Waals surface area contributed by atoms with Crippen molar-refractivity contribution in [3.63, 3.8) is 0 Å². The Kier molecular flexibility index (Phi) is 10.2. The zero-order chi connectivity index (χ0) is 30.6. The molecule has 41 heavy (non-hydrogen) atoms. The molecule has 12 heteroatoms. The van der Waals surface area contributed by atoms with Crippen molar-refractivity contribution in [2.75, 3.05) is 41.4 Å². The lowest BCUT2D eigenvalue weighted by atomic mass is 9.68. The van der Waals surface area contributed by atoms with Crippen molar-refractivity contribution in [1.82, 2.24) is 4.90 Å². The summed E-state index contributed by atoms with van der Waals surface area (Å²) >= 11 is 0. The zero-order valence-corrected chi connectivity index (χ0v) is 26.5. The third-order valence-corrected chi connectivity index (χ3v) is 8.68. The minimum atomic E-state index is -4.36. The van der Waals surface area contributed by atoms with E-state index in [1.165, 1.54) is 0 Å². The van der Waals surface area contributed by atoms with Crippen LogP contribution in [0, 0.1) is 10.8 Å². The van der Waals surface area contributed by atoms with E-state index in [1.54, 1.807) is 55.8 Å². The summed E-state index contributed by atoms with van der Waals surface area (Å²) in [7, 11) is 0.899. The van der Waals surface area contributed by atoms with Gasteiger partial charge in [0, 0.05) is 17.9 Å². The molecule has 0 N–H and O–H groups in total. The van der Waals surface area contributed by atoms with E-state index in [2.05, 4.69) is 11.0 Å². The van der Waals surface area contributed by atoms with Gasteiger partial charge in [-0.3, -0.25) is 9.59 Å². The Morgan fingerprint density at radius 1 is 0.951 bits per heavy atom. The summed E-state index contributed by atoms with van der Waals surface area (Å²) in [5.41, 5.74) is -0.691. The van der Waals surface area contributed by atoms with E-state index in [0.29, 0.717) is 30.1 Å². The number of esters is 2. The summed E-state index contributed by atoms with van der Waals surface area (Å²) in [6.45, 7) is 9.64. The lowest BCUT2D eigenvalue weighted by Crippen LogP contribution is -2.43. The second kappa shape index (κ2) is 12.7. The molecule has 1 aromatic rings. The topological polar surface area (TPSA) is 119 Å². The van der Waals surface area contributed by atoms with Crippen LogP contribution in [0.25, 0.3) is 0 Å². The maximum atomic E-state index is 13.7. The molecule has 230 valence electrons. The van der Waals surface area contributed by atoms with Gasteiger partial charge >= 0.3 is 19.8 Å². The summed E-state index contributed by atoms with van der Waals surface area (Å²) in [4.78, 5) is 26.6. The number of hydrogen-bond donors (Lipinski definition) is 0. The van der Waals surface area contributed by atoms with E-state index in [1.807, 2.05) is 25.3 Å². The van der Waals surface area contributed by atoms with Crippen molar-refractivity contribution in [3.8, 4) is 11.5 Å². The zero-order valence-electron chi connectivity index (χ0n) is 25.6. The number of ether oxygens (including phenoxy) is 4. The first kappa shape index (κ1) is 32.9. The fraction of sp³-hybridized carbons (Fsp3) is 0.655. The van der Waals surface area contributed by atoms with Crippen LogP contribution in [0.4, 0.5) is 0 Å². The Bertz CT molecular complexity index is 1150. The maximum absolute atomic E-state index is 13.7. The van der Waals surface area contributed by atoms with Crippen LogP contribution in [0.3, 0.4) is 0 Å². The number of methoxy groups -OCH3 is 2. The molecule has 2 unspecified atom stereocenters. The molecule has 11 nitrogen and oxygen atoms in total. The third-order valence-electron chi connectivity index (χ3n) is 7.38. The number of phosphoric ester groups is 1. The number of hydrogen-bond acceptors (Lipinski definition) is 11. The highest BCUT2D eigenvalue weighted by Gasteiger charge is 2.50. The highest BCUT2D eigenvalue weighted by Crippen LogP contribution is 2.56. The molecule has 1 aliphatic carbocycles. The summed E-state index contributed by atoms with van der Waals surface area (Å²) in [6.07, 6.45) is 3.81. The van der Waals surface area contributed by atoms with Gasteiger partial charge in [0.05, 0.1) is 25.0 Å². The van der Waals surface area contributed by atoms with E-state index in [4.69, 9.17) is 32.5 Å². The fourth-order valence-electron chi connectivity index (χ4n) is 4.91. The molecule has 0 amide bonds. The van der Waals surface area contributed by atoms with Gasteiger partial charge in [-0.15, -0.1) is 0 Å². The Labute approximate surface area is 243 Å². The van der Waals surface area contributed by atoms with Gasteiger partial charge in [-0.1, -0.05) is 6.07 Å². The Balaban J connectivity index is 1.81. The van der Waals surface area contributed by atoms with Crippen LogP contribution in [0.2, 0.25) is 0 Å². The second-order valence-corrected chi connectivity index (χ2v) is 14.0. The molecule has 1 aliphatic heterocycles. The summed E-state index contributed by atoms with van der Waals surface area (Å²) in [5.74, 6) is 0.618. The van der Waals surface area contributed by atoms with E-state index in [0.717, 1.165) is 18.5 Å². The first-order chi connectivity index (χ1) is 19.0. The number of fused-ring (bicyclic) bond motifs is 1. The van der Waals surface area contributed by atoms with Crippen LogP contribution in [0.5, 0.6) is 11.5 Å². The predicted octanol–water partition coefficient (Wildman–Crippen LogP) is 5.57. The number of carbonyl (C=O) groups excluding carboxylic acids is 2. The van der Waals surface area contributed by atoms with Gasteiger partial charge in [0.2, 0.25) is 13.6 Å². The second-order valence-electron chi connectivity index (χ2n) is 12.4. The fourth-order valence-corrected chi connectivity index (χ4v) is 5.89. The molecule has 0 spiro atoms. The van der Waals surface area contributed by atoms with Crippen LogP contribution in [-0.2, 0) is 42.6 Å². The van der Waals surface area contributed by atoms with E-state index in [-0.39, 0.29) is 11.5 Å². The quantitative estimate of drug-likeness (QED) is 0.181. The van der Waals surface area contributed by atoms with Gasteiger partial charge in [0.15, 0.2) is 11.5 Å². The number of likely N-dealkylation sites (tertiary alicyclic amines) is 1. The number of phosphoric acid groups is 1. The van der Waals surface area contributed by atoms with Gasteiger partial charge < -0.3 is 28.4 Å². The number of carbonyl (C=O) groups is 2. The molecular weight excluding hydrogens is 553 g/mol. The van der Waals surface area contributed by atoms with Gasteiger partial charge in [-0.25, -0.2) is 13.6 Å². The first-order valence-electron chi connectivity index (χ1n) is 13.6. The molecule has 1 saturated heterocycles. The van der Waals surface area contributed by atoms with E-state index >= 15 is 0 Å². The Morgan fingerprint density at radius 2 is 1.51 bits per heavy atom. The molecule has 0 saturated carbocycles. The van der Waals surface area contributed by atoms with Gasteiger partial charge in [0.1, 0.15) is 5.76 Å². The largest absolute Gasteiger partial charge is 0.535 e. The number of nitrogens with zero attached hydrogens (tertiary/aromatic N) is 1. The molecule has 0 aromatic heterocycles. The number of likely N-dealkylation sites (N-methyl/N-ethyl adjacent to an activating group) is 1. The summed E-state index contributed by atoms with van der Waals surface area (Å²) in [5, 5.41) is 0. The lowest BCUT2D eigenvalue weighted by Gasteiger charge is -2.41. The minimum absolute atomic E-state index is 0.0199. The standard InChI is InChI=1S/C29H44NO10P/c1-27(2,3)25(31)36-18-38-41(33,39-19-37-26(32)28(4,5)6)40-21-12-13-29(14-15-30(7)24(29)17-21)20-10-11-22(34-8)23(16-20)35-9/h10-12,16,24H,13-15,17-19H2,1-9H3. The SMILES string of the molecule is COc1ccc(C23CC=C(OP(=O)(OCOC(=O)C(C)(C)C)OCOC(=O)C(C)(C)C)CC2N(C)CC3)cc1OC. The highest BCUT2D eigenvalue weighted by atomic mass is 31.2. The number of rotatable bonds is 11. The number of benzene rings is 1. The van der Waals surface area contributed by atoms with Crippen molar-refractivity contribution >= 4 is 19.8 Å². The minimum Gasteiger partial charge on any atom is -0.493 e. The molecule has 2 aliphatic rings. The van der Waals surface area contributed by atoms with Gasteiger partial charge in [-0.05, 0) is 91.7 Å². The normalized spacial score (nSPS) is 21.5. The first-order valence-corrected chi connectivity index (χ1v) is 15.1. The van der Waals surface area contributed by atoms with Crippen molar-refractivity contribution in [2.45, 2.75) is 72.3 Å². The Hall–Kier alpha value is -2.59. The number of allylic oxidation sites excluding steroid dienone is 1. The van der Waals surface area contributed by atoms with Crippen molar-refractivity contribution < 1.29 is 46.7 Å². The molecule has 2 atom stereocenters. The molecule has 3 rings (SSSR count). The van der Waals surface area contributed by atoms with Crippen LogP contribution >= 0.6 is 7.82 Å².